The van der Waals surface area contributed by atoms with E-state index in [9.17, 15) is 0 Å². The Morgan fingerprint density at radius 3 is 1.52 bits per heavy atom. The van der Waals surface area contributed by atoms with Crippen molar-refractivity contribution in [1.29, 1.82) is 0 Å². The summed E-state index contributed by atoms with van der Waals surface area (Å²) in [5.41, 5.74) is 11.4. The number of aromatic nitrogens is 2. The predicted molar refractivity (Wildman–Crippen MR) is 184 cm³/mol. The Hall–Kier alpha value is -5.93. The second-order valence-electron chi connectivity index (χ2n) is 10.9. The Balaban J connectivity index is 1.30. The lowest BCUT2D eigenvalue weighted by atomic mass is 10.0. The van der Waals surface area contributed by atoms with Gasteiger partial charge in [-0.2, -0.15) is 0 Å². The molecule has 0 aliphatic heterocycles. The maximum absolute atomic E-state index is 4.44. The fourth-order valence-electron chi connectivity index (χ4n) is 6.18. The van der Waals surface area contributed by atoms with Crippen molar-refractivity contribution in [3.05, 3.63) is 176 Å². The largest absolute Gasteiger partial charge is 0.310 e. The van der Waals surface area contributed by atoms with Crippen molar-refractivity contribution in [2.24, 2.45) is 0 Å². The number of nitrogens with zero attached hydrogens (tertiary/aromatic N) is 3. The Morgan fingerprint density at radius 1 is 0.409 bits per heavy atom. The van der Waals surface area contributed by atoms with Gasteiger partial charge in [0.1, 0.15) is 0 Å². The second-order valence-corrected chi connectivity index (χ2v) is 10.9. The number of hydrogen-bond acceptors (Lipinski definition) is 2. The zero-order valence-corrected chi connectivity index (χ0v) is 24.1. The summed E-state index contributed by atoms with van der Waals surface area (Å²) in [6, 6.07) is 58.3. The SMILES string of the molecule is c1ccc(-c2ccc(N(c3ccc(-c4ccccc4)cc3)c3ccc4c5ccccc5n(-c5cccnc5)c4c3)cc2)cc1. The van der Waals surface area contributed by atoms with E-state index in [0.717, 1.165) is 28.3 Å². The summed E-state index contributed by atoms with van der Waals surface area (Å²) in [6.45, 7) is 0. The molecule has 6 aromatic carbocycles. The van der Waals surface area contributed by atoms with Crippen molar-refractivity contribution in [2.75, 3.05) is 4.90 Å². The van der Waals surface area contributed by atoms with Crippen molar-refractivity contribution < 1.29 is 0 Å². The average molecular weight is 564 g/mol. The van der Waals surface area contributed by atoms with E-state index in [1.165, 1.54) is 38.5 Å². The van der Waals surface area contributed by atoms with E-state index in [4.69, 9.17) is 0 Å². The standard InChI is InChI=1S/C41H29N3/c1-3-10-30(11-4-1)32-17-21-34(22-18-32)43(35-23-19-33(20-24-35)31-12-5-2-6-13-31)36-25-26-39-38-15-7-8-16-40(38)44(41(39)28-36)37-14-9-27-42-29-37/h1-29H. The molecule has 0 fully saturated rings. The maximum atomic E-state index is 4.44. The molecule has 8 aromatic rings. The molecule has 0 atom stereocenters. The zero-order chi connectivity index (χ0) is 29.3. The predicted octanol–water partition coefficient (Wildman–Crippen LogP) is 11.0. The Bertz CT molecular complexity index is 2100. The van der Waals surface area contributed by atoms with Crippen LogP contribution in [0.2, 0.25) is 0 Å². The monoisotopic (exact) mass is 563 g/mol. The summed E-state index contributed by atoms with van der Waals surface area (Å²) in [7, 11) is 0. The molecule has 2 heterocycles. The highest BCUT2D eigenvalue weighted by Gasteiger charge is 2.18. The Labute approximate surface area is 256 Å². The first-order valence-electron chi connectivity index (χ1n) is 14.9. The summed E-state index contributed by atoms with van der Waals surface area (Å²) in [4.78, 5) is 6.78. The van der Waals surface area contributed by atoms with Crippen LogP contribution >= 0.6 is 0 Å². The lowest BCUT2D eigenvalue weighted by Crippen LogP contribution is -2.10. The third kappa shape index (κ3) is 4.61. The van der Waals surface area contributed by atoms with Gasteiger partial charge < -0.3 is 9.47 Å². The van der Waals surface area contributed by atoms with Gasteiger partial charge in [0.05, 0.1) is 22.9 Å². The topological polar surface area (TPSA) is 21.1 Å². The number of pyridine rings is 1. The molecule has 208 valence electrons. The first-order valence-corrected chi connectivity index (χ1v) is 14.9. The van der Waals surface area contributed by atoms with Gasteiger partial charge in [-0.15, -0.1) is 0 Å². The molecule has 3 nitrogen and oxygen atoms in total. The van der Waals surface area contributed by atoms with Crippen LogP contribution in [-0.2, 0) is 0 Å². The molecular weight excluding hydrogens is 534 g/mol. The summed E-state index contributed by atoms with van der Waals surface area (Å²) in [5, 5.41) is 2.44. The second kappa shape index (κ2) is 11.0. The fourth-order valence-corrected chi connectivity index (χ4v) is 6.18. The molecule has 0 amide bonds. The highest BCUT2D eigenvalue weighted by atomic mass is 15.1. The molecule has 3 heteroatoms. The van der Waals surface area contributed by atoms with Gasteiger partial charge >= 0.3 is 0 Å². The molecular formula is C41H29N3. The van der Waals surface area contributed by atoms with Gasteiger partial charge in [-0.3, -0.25) is 4.98 Å². The first-order chi connectivity index (χ1) is 21.8. The maximum Gasteiger partial charge on any atom is 0.0645 e. The van der Waals surface area contributed by atoms with Crippen LogP contribution < -0.4 is 4.90 Å². The van der Waals surface area contributed by atoms with Crippen LogP contribution in [0.1, 0.15) is 0 Å². The molecule has 0 unspecified atom stereocenters. The molecule has 2 aromatic heterocycles. The van der Waals surface area contributed by atoms with Gasteiger partial charge in [-0.25, -0.2) is 0 Å². The molecule has 0 saturated heterocycles. The Morgan fingerprint density at radius 2 is 0.932 bits per heavy atom. The lowest BCUT2D eigenvalue weighted by Gasteiger charge is -2.26. The van der Waals surface area contributed by atoms with Crippen molar-refractivity contribution >= 4 is 38.9 Å². The van der Waals surface area contributed by atoms with Crippen LogP contribution in [0.25, 0.3) is 49.7 Å². The molecule has 0 aliphatic carbocycles. The molecule has 0 N–H and O–H groups in total. The van der Waals surface area contributed by atoms with Gasteiger partial charge in [-0.1, -0.05) is 109 Å². The number of anilines is 3. The minimum Gasteiger partial charge on any atom is -0.310 e. The molecule has 8 rings (SSSR count). The molecule has 0 saturated carbocycles. The van der Waals surface area contributed by atoms with Crippen LogP contribution in [0.4, 0.5) is 17.1 Å². The quantitative estimate of drug-likeness (QED) is 0.201. The van der Waals surface area contributed by atoms with E-state index >= 15 is 0 Å². The van der Waals surface area contributed by atoms with E-state index in [2.05, 4.69) is 172 Å². The van der Waals surface area contributed by atoms with E-state index in [0.29, 0.717) is 0 Å². The normalized spacial score (nSPS) is 11.2. The third-order valence-electron chi connectivity index (χ3n) is 8.28. The summed E-state index contributed by atoms with van der Waals surface area (Å²) in [5.74, 6) is 0. The van der Waals surface area contributed by atoms with Crippen LogP contribution in [0, 0.1) is 0 Å². The van der Waals surface area contributed by atoms with Crippen molar-refractivity contribution in [1.82, 2.24) is 9.55 Å². The van der Waals surface area contributed by atoms with E-state index in [-0.39, 0.29) is 0 Å². The summed E-state index contributed by atoms with van der Waals surface area (Å²) in [6.07, 6.45) is 3.75. The van der Waals surface area contributed by atoms with E-state index < -0.39 is 0 Å². The number of hydrogen-bond donors (Lipinski definition) is 0. The Kier molecular flexibility index (Phi) is 6.47. The highest BCUT2D eigenvalue weighted by Crippen LogP contribution is 2.40. The molecule has 0 radical (unpaired) electrons. The number of benzene rings is 6. The van der Waals surface area contributed by atoms with Crippen LogP contribution in [0.3, 0.4) is 0 Å². The van der Waals surface area contributed by atoms with E-state index in [1.807, 2.05) is 18.5 Å². The minimum absolute atomic E-state index is 1.04. The van der Waals surface area contributed by atoms with Crippen LogP contribution in [0.15, 0.2) is 176 Å². The zero-order valence-electron chi connectivity index (χ0n) is 24.1. The number of para-hydroxylation sites is 1. The number of fused-ring (bicyclic) bond motifs is 3. The van der Waals surface area contributed by atoms with Gasteiger partial charge in [0, 0.05) is 34.0 Å². The van der Waals surface area contributed by atoms with Crippen LogP contribution in [-0.4, -0.2) is 9.55 Å². The van der Waals surface area contributed by atoms with Gasteiger partial charge in [0.2, 0.25) is 0 Å². The smallest absolute Gasteiger partial charge is 0.0645 e. The molecule has 0 aliphatic rings. The van der Waals surface area contributed by atoms with Crippen molar-refractivity contribution in [2.45, 2.75) is 0 Å². The van der Waals surface area contributed by atoms with Gasteiger partial charge in [-0.05, 0) is 76.9 Å². The number of rotatable bonds is 6. The highest BCUT2D eigenvalue weighted by molar-refractivity contribution is 6.10. The van der Waals surface area contributed by atoms with Gasteiger partial charge in [0.15, 0.2) is 0 Å². The average Bonchev–Trinajstić information content (AvgIpc) is 3.44. The minimum atomic E-state index is 1.04. The van der Waals surface area contributed by atoms with Gasteiger partial charge in [0.25, 0.3) is 0 Å². The van der Waals surface area contributed by atoms with E-state index in [1.54, 1.807) is 0 Å². The fraction of sp³-hybridized carbons (Fsp3) is 0. The first kappa shape index (κ1) is 25.8. The molecule has 44 heavy (non-hydrogen) atoms. The lowest BCUT2D eigenvalue weighted by molar-refractivity contribution is 1.14. The van der Waals surface area contributed by atoms with Crippen molar-refractivity contribution in [3.63, 3.8) is 0 Å². The van der Waals surface area contributed by atoms with Crippen molar-refractivity contribution in [3.8, 4) is 27.9 Å². The third-order valence-corrected chi connectivity index (χ3v) is 8.28. The van der Waals surface area contributed by atoms with Crippen LogP contribution in [0.5, 0.6) is 0 Å². The summed E-state index contributed by atoms with van der Waals surface area (Å²) < 4.78 is 2.32. The molecule has 0 bridgehead atoms. The molecule has 0 spiro atoms. The summed E-state index contributed by atoms with van der Waals surface area (Å²) >= 11 is 0.